The van der Waals surface area contributed by atoms with E-state index in [1.807, 2.05) is 17.4 Å². The molecule has 2 unspecified atom stereocenters. The standard InChI is InChI=1S/C19H35N5/c1-4-6-7-8-9-10-11-17-12-21-19(22-13-17)24-16(3)14-23(20)15-18(24)5-2/h12-13,16,18H,4-11,14-15,20H2,1-3H3. The Morgan fingerprint density at radius 3 is 2.38 bits per heavy atom. The van der Waals surface area contributed by atoms with Crippen molar-refractivity contribution in [3.8, 4) is 0 Å². The molecule has 0 aliphatic carbocycles. The van der Waals surface area contributed by atoms with E-state index in [2.05, 4.69) is 35.6 Å². The third kappa shape index (κ3) is 5.42. The first kappa shape index (κ1) is 19.1. The highest BCUT2D eigenvalue weighted by Gasteiger charge is 2.31. The summed E-state index contributed by atoms with van der Waals surface area (Å²) >= 11 is 0. The number of rotatable bonds is 9. The van der Waals surface area contributed by atoms with Crippen LogP contribution in [0.15, 0.2) is 12.4 Å². The Labute approximate surface area is 147 Å². The van der Waals surface area contributed by atoms with E-state index < -0.39 is 0 Å². The summed E-state index contributed by atoms with van der Waals surface area (Å²) < 4.78 is 0. The van der Waals surface area contributed by atoms with Crippen molar-refractivity contribution in [3.63, 3.8) is 0 Å². The molecular formula is C19H35N5. The van der Waals surface area contributed by atoms with Gasteiger partial charge >= 0.3 is 0 Å². The van der Waals surface area contributed by atoms with E-state index in [1.54, 1.807) is 0 Å². The van der Waals surface area contributed by atoms with E-state index in [-0.39, 0.29) is 0 Å². The molecule has 24 heavy (non-hydrogen) atoms. The van der Waals surface area contributed by atoms with Gasteiger partial charge in [-0.3, -0.25) is 5.84 Å². The fraction of sp³-hybridized carbons (Fsp3) is 0.789. The molecule has 0 radical (unpaired) electrons. The predicted octanol–water partition coefficient (Wildman–Crippen LogP) is 3.54. The van der Waals surface area contributed by atoms with Gasteiger partial charge in [0.2, 0.25) is 5.95 Å². The average molecular weight is 334 g/mol. The lowest BCUT2D eigenvalue weighted by molar-refractivity contribution is 0.193. The van der Waals surface area contributed by atoms with Crippen molar-refractivity contribution in [2.45, 2.75) is 84.2 Å². The highest BCUT2D eigenvalue weighted by molar-refractivity contribution is 5.35. The number of nitrogens with two attached hydrogens (primary N) is 1. The summed E-state index contributed by atoms with van der Waals surface area (Å²) in [7, 11) is 0. The molecule has 0 aromatic carbocycles. The Hall–Kier alpha value is -1.20. The fourth-order valence-electron chi connectivity index (χ4n) is 3.63. The Balaban J connectivity index is 1.86. The van der Waals surface area contributed by atoms with Gasteiger partial charge in [0.15, 0.2) is 0 Å². The highest BCUT2D eigenvalue weighted by Crippen LogP contribution is 2.22. The van der Waals surface area contributed by atoms with Crippen LogP contribution in [-0.2, 0) is 6.42 Å². The molecule has 5 heteroatoms. The number of piperazine rings is 1. The molecular weight excluding hydrogens is 298 g/mol. The number of anilines is 1. The third-order valence-electron chi connectivity index (χ3n) is 5.03. The number of hydrogen-bond acceptors (Lipinski definition) is 5. The van der Waals surface area contributed by atoms with Gasteiger partial charge in [0.05, 0.1) is 0 Å². The summed E-state index contributed by atoms with van der Waals surface area (Å²) in [5.41, 5.74) is 1.26. The van der Waals surface area contributed by atoms with E-state index in [4.69, 9.17) is 5.84 Å². The Morgan fingerprint density at radius 2 is 1.71 bits per heavy atom. The van der Waals surface area contributed by atoms with Crippen LogP contribution in [0.2, 0.25) is 0 Å². The molecule has 0 saturated carbocycles. The van der Waals surface area contributed by atoms with Crippen LogP contribution in [0.3, 0.4) is 0 Å². The van der Waals surface area contributed by atoms with E-state index in [0.29, 0.717) is 12.1 Å². The van der Waals surface area contributed by atoms with Crippen LogP contribution >= 0.6 is 0 Å². The summed E-state index contributed by atoms with van der Waals surface area (Å²) in [5, 5.41) is 1.92. The van der Waals surface area contributed by atoms with Crippen molar-refractivity contribution in [2.24, 2.45) is 5.84 Å². The van der Waals surface area contributed by atoms with Gasteiger partial charge in [-0.1, -0.05) is 46.0 Å². The van der Waals surface area contributed by atoms with Crippen molar-refractivity contribution < 1.29 is 0 Å². The summed E-state index contributed by atoms with van der Waals surface area (Å²) in [4.78, 5) is 11.7. The Morgan fingerprint density at radius 1 is 1.04 bits per heavy atom. The topological polar surface area (TPSA) is 58.3 Å². The predicted molar refractivity (Wildman–Crippen MR) is 101 cm³/mol. The second kappa shape index (κ2) is 9.94. The number of aromatic nitrogens is 2. The van der Waals surface area contributed by atoms with Crippen molar-refractivity contribution in [2.75, 3.05) is 18.0 Å². The summed E-state index contributed by atoms with van der Waals surface area (Å²) in [6.07, 6.45) is 14.1. The van der Waals surface area contributed by atoms with Crippen LogP contribution in [-0.4, -0.2) is 40.2 Å². The minimum absolute atomic E-state index is 0.345. The Bertz CT molecular complexity index is 461. The Kier molecular flexibility index (Phi) is 7.92. The van der Waals surface area contributed by atoms with Gasteiger partial charge in [-0.2, -0.15) is 0 Å². The van der Waals surface area contributed by atoms with Gasteiger partial charge in [-0.15, -0.1) is 0 Å². The molecule has 1 aromatic rings. The van der Waals surface area contributed by atoms with Crippen LogP contribution in [0.4, 0.5) is 5.95 Å². The second-order valence-electron chi connectivity index (χ2n) is 7.18. The molecule has 1 aliphatic rings. The largest absolute Gasteiger partial charge is 0.332 e. The summed E-state index contributed by atoms with van der Waals surface area (Å²) in [6, 6.07) is 0.737. The third-order valence-corrected chi connectivity index (χ3v) is 5.03. The number of aryl methyl sites for hydroxylation is 1. The van der Waals surface area contributed by atoms with Crippen LogP contribution in [0, 0.1) is 0 Å². The normalized spacial score (nSPS) is 22.1. The van der Waals surface area contributed by atoms with Crippen molar-refractivity contribution in [1.82, 2.24) is 15.0 Å². The minimum atomic E-state index is 0.345. The molecule has 2 heterocycles. The molecule has 2 rings (SSSR count). The van der Waals surface area contributed by atoms with Gasteiger partial charge in [0.25, 0.3) is 0 Å². The monoisotopic (exact) mass is 333 g/mol. The average Bonchev–Trinajstić information content (AvgIpc) is 2.58. The van der Waals surface area contributed by atoms with E-state index in [0.717, 1.165) is 31.9 Å². The molecule has 5 nitrogen and oxygen atoms in total. The number of nitrogens with zero attached hydrogens (tertiary/aromatic N) is 4. The molecule has 1 fully saturated rings. The van der Waals surface area contributed by atoms with Crippen molar-refractivity contribution in [1.29, 1.82) is 0 Å². The maximum absolute atomic E-state index is 6.02. The van der Waals surface area contributed by atoms with E-state index in [1.165, 1.54) is 44.1 Å². The second-order valence-corrected chi connectivity index (χ2v) is 7.18. The zero-order valence-electron chi connectivity index (χ0n) is 15.7. The molecule has 2 atom stereocenters. The van der Waals surface area contributed by atoms with Gasteiger partial charge in [0.1, 0.15) is 0 Å². The van der Waals surface area contributed by atoms with Crippen LogP contribution in [0.5, 0.6) is 0 Å². The van der Waals surface area contributed by atoms with Gasteiger partial charge < -0.3 is 4.90 Å². The maximum atomic E-state index is 6.02. The lowest BCUT2D eigenvalue weighted by atomic mass is 10.1. The van der Waals surface area contributed by atoms with Crippen LogP contribution < -0.4 is 10.7 Å². The molecule has 136 valence electrons. The summed E-state index contributed by atoms with van der Waals surface area (Å²) in [6.45, 7) is 8.41. The lowest BCUT2D eigenvalue weighted by Gasteiger charge is -2.44. The first-order valence-corrected chi connectivity index (χ1v) is 9.74. The zero-order chi connectivity index (χ0) is 17.4. The number of hydrazine groups is 1. The van der Waals surface area contributed by atoms with E-state index in [9.17, 15) is 0 Å². The zero-order valence-corrected chi connectivity index (χ0v) is 15.7. The molecule has 1 aliphatic heterocycles. The number of unbranched alkanes of at least 4 members (excludes halogenated alkanes) is 5. The van der Waals surface area contributed by atoms with E-state index >= 15 is 0 Å². The van der Waals surface area contributed by atoms with Crippen molar-refractivity contribution >= 4 is 5.95 Å². The first-order valence-electron chi connectivity index (χ1n) is 9.74. The lowest BCUT2D eigenvalue weighted by Crippen LogP contribution is -2.60. The molecule has 0 bridgehead atoms. The molecule has 0 amide bonds. The smallest absolute Gasteiger partial charge is 0.225 e. The molecule has 2 N–H and O–H groups in total. The molecule has 1 aromatic heterocycles. The molecule has 1 saturated heterocycles. The van der Waals surface area contributed by atoms with Gasteiger partial charge in [0, 0.05) is 37.6 Å². The quantitative estimate of drug-likeness (QED) is 0.553. The van der Waals surface area contributed by atoms with Gasteiger partial charge in [-0.25, -0.2) is 15.0 Å². The molecule has 0 spiro atoms. The van der Waals surface area contributed by atoms with Crippen molar-refractivity contribution in [3.05, 3.63) is 18.0 Å². The van der Waals surface area contributed by atoms with Crippen LogP contribution in [0.25, 0.3) is 0 Å². The van der Waals surface area contributed by atoms with Crippen LogP contribution in [0.1, 0.15) is 71.3 Å². The summed E-state index contributed by atoms with van der Waals surface area (Å²) in [5.74, 6) is 6.88. The highest BCUT2D eigenvalue weighted by atomic mass is 15.5. The minimum Gasteiger partial charge on any atom is -0.332 e. The number of hydrogen-bond donors (Lipinski definition) is 1. The first-order chi connectivity index (χ1) is 11.7. The fourth-order valence-corrected chi connectivity index (χ4v) is 3.63. The van der Waals surface area contributed by atoms with Gasteiger partial charge in [-0.05, 0) is 31.7 Å². The maximum Gasteiger partial charge on any atom is 0.225 e. The SMILES string of the molecule is CCCCCCCCc1cnc(N2C(C)CN(N)CC2CC)nc1.